The van der Waals surface area contributed by atoms with Crippen molar-refractivity contribution in [3.63, 3.8) is 0 Å². The zero-order valence-electron chi connectivity index (χ0n) is 17.6. The molecule has 2 heterocycles. The van der Waals surface area contributed by atoms with Gasteiger partial charge in [-0.15, -0.1) is 35.3 Å². The quantitative estimate of drug-likeness (QED) is 0.309. The standard InChI is InChI=1S/C22H33N5S.HI/c1-3-21-25-20(17-28-21)10-13-24-22(23-4-2)26-19-11-14-27(15-12-19)16-18-8-6-5-7-9-18;/h5-9,17,19H,3-4,10-16H2,1-2H3,(H2,23,24,26);1H. The van der Waals surface area contributed by atoms with Crippen molar-refractivity contribution in [1.29, 1.82) is 0 Å². The first-order chi connectivity index (χ1) is 13.8. The number of likely N-dealkylation sites (tertiary alicyclic amines) is 1. The van der Waals surface area contributed by atoms with Crippen LogP contribution in [0.4, 0.5) is 0 Å². The van der Waals surface area contributed by atoms with Gasteiger partial charge in [0.25, 0.3) is 0 Å². The lowest BCUT2D eigenvalue weighted by atomic mass is 10.0. The average molecular weight is 528 g/mol. The summed E-state index contributed by atoms with van der Waals surface area (Å²) in [7, 11) is 0. The van der Waals surface area contributed by atoms with Gasteiger partial charge in [0.15, 0.2) is 5.96 Å². The topological polar surface area (TPSA) is 52.6 Å². The highest BCUT2D eigenvalue weighted by Crippen LogP contribution is 2.14. The zero-order valence-corrected chi connectivity index (χ0v) is 20.7. The van der Waals surface area contributed by atoms with Crippen LogP contribution >= 0.6 is 35.3 Å². The Kier molecular flexibility index (Phi) is 10.9. The van der Waals surface area contributed by atoms with Crippen molar-refractivity contribution in [2.75, 3.05) is 26.2 Å². The zero-order chi connectivity index (χ0) is 19.6. The molecule has 1 aromatic heterocycles. The summed E-state index contributed by atoms with van der Waals surface area (Å²) in [6.07, 6.45) is 4.23. The third kappa shape index (κ3) is 8.22. The van der Waals surface area contributed by atoms with E-state index in [1.807, 2.05) is 0 Å². The van der Waals surface area contributed by atoms with Gasteiger partial charge in [-0.1, -0.05) is 37.3 Å². The molecule has 0 atom stereocenters. The number of aliphatic imine (C=N–C) groups is 1. The maximum absolute atomic E-state index is 4.77. The van der Waals surface area contributed by atoms with Crippen LogP contribution in [0.3, 0.4) is 0 Å². The summed E-state index contributed by atoms with van der Waals surface area (Å²) in [5.41, 5.74) is 2.56. The number of hydrogen-bond acceptors (Lipinski definition) is 4. The number of piperidine rings is 1. The lowest BCUT2D eigenvalue weighted by molar-refractivity contribution is 0.198. The second kappa shape index (κ2) is 13.2. The van der Waals surface area contributed by atoms with E-state index in [0.29, 0.717) is 6.04 Å². The number of aryl methyl sites for hydroxylation is 1. The second-order valence-electron chi connectivity index (χ2n) is 7.28. The highest BCUT2D eigenvalue weighted by molar-refractivity contribution is 14.0. The maximum atomic E-state index is 4.77. The van der Waals surface area contributed by atoms with Crippen LogP contribution in [-0.2, 0) is 19.4 Å². The summed E-state index contributed by atoms with van der Waals surface area (Å²) in [6, 6.07) is 11.3. The fourth-order valence-corrected chi connectivity index (χ4v) is 4.28. The average Bonchev–Trinajstić information content (AvgIpc) is 3.18. The minimum Gasteiger partial charge on any atom is -0.357 e. The van der Waals surface area contributed by atoms with Crippen molar-refractivity contribution in [2.45, 2.75) is 52.1 Å². The molecule has 1 aliphatic heterocycles. The van der Waals surface area contributed by atoms with Gasteiger partial charge < -0.3 is 10.6 Å². The number of hydrogen-bond donors (Lipinski definition) is 2. The SMILES string of the molecule is CCNC(=NCCc1csc(CC)n1)NC1CCN(Cc2ccccc2)CC1.I. The molecular formula is C22H34IN5S. The van der Waals surface area contributed by atoms with Crippen LogP contribution in [0.15, 0.2) is 40.7 Å². The molecule has 2 N–H and O–H groups in total. The van der Waals surface area contributed by atoms with Gasteiger partial charge in [0.1, 0.15) is 0 Å². The number of rotatable bonds is 8. The Bertz CT molecular complexity index is 726. The van der Waals surface area contributed by atoms with Gasteiger partial charge in [0.05, 0.1) is 10.7 Å². The number of thiazole rings is 1. The fourth-order valence-electron chi connectivity index (χ4n) is 3.50. The van der Waals surface area contributed by atoms with Crippen molar-refractivity contribution in [3.05, 3.63) is 52.0 Å². The van der Waals surface area contributed by atoms with Crippen molar-refractivity contribution in [3.8, 4) is 0 Å². The molecule has 29 heavy (non-hydrogen) atoms. The van der Waals surface area contributed by atoms with E-state index in [2.05, 4.69) is 70.1 Å². The van der Waals surface area contributed by atoms with E-state index in [4.69, 9.17) is 4.99 Å². The molecule has 2 aromatic rings. The Labute approximate surface area is 196 Å². The van der Waals surface area contributed by atoms with E-state index in [1.54, 1.807) is 11.3 Å². The van der Waals surface area contributed by atoms with Crippen molar-refractivity contribution in [2.24, 2.45) is 4.99 Å². The molecule has 3 rings (SSSR count). The number of aromatic nitrogens is 1. The molecule has 0 aliphatic carbocycles. The molecule has 1 fully saturated rings. The van der Waals surface area contributed by atoms with Gasteiger partial charge in [0, 0.05) is 50.6 Å². The first kappa shape index (κ1) is 24.1. The third-order valence-electron chi connectivity index (χ3n) is 5.06. The van der Waals surface area contributed by atoms with Crippen LogP contribution in [0.1, 0.15) is 43.0 Å². The summed E-state index contributed by atoms with van der Waals surface area (Å²) in [4.78, 5) is 11.9. The normalized spacial score (nSPS) is 15.7. The van der Waals surface area contributed by atoms with Crippen LogP contribution in [0.2, 0.25) is 0 Å². The lowest BCUT2D eigenvalue weighted by Gasteiger charge is -2.33. The van der Waals surface area contributed by atoms with E-state index >= 15 is 0 Å². The summed E-state index contributed by atoms with van der Waals surface area (Å²) < 4.78 is 0. The maximum Gasteiger partial charge on any atom is 0.191 e. The summed E-state index contributed by atoms with van der Waals surface area (Å²) >= 11 is 1.75. The lowest BCUT2D eigenvalue weighted by Crippen LogP contribution is -2.48. The Hall–Kier alpha value is -1.19. The van der Waals surface area contributed by atoms with Crippen LogP contribution in [-0.4, -0.2) is 48.1 Å². The van der Waals surface area contributed by atoms with Gasteiger partial charge in [0.2, 0.25) is 0 Å². The number of nitrogens with zero attached hydrogens (tertiary/aromatic N) is 3. The Morgan fingerprint density at radius 2 is 1.97 bits per heavy atom. The highest BCUT2D eigenvalue weighted by atomic mass is 127. The molecule has 0 spiro atoms. The molecule has 1 aromatic carbocycles. The highest BCUT2D eigenvalue weighted by Gasteiger charge is 2.20. The van der Waals surface area contributed by atoms with E-state index in [0.717, 1.165) is 70.1 Å². The molecule has 0 bridgehead atoms. The van der Waals surface area contributed by atoms with Gasteiger partial charge in [-0.2, -0.15) is 0 Å². The first-order valence-electron chi connectivity index (χ1n) is 10.5. The number of halogens is 1. The molecule has 0 saturated carbocycles. The van der Waals surface area contributed by atoms with Crippen molar-refractivity contribution >= 4 is 41.3 Å². The first-order valence-corrected chi connectivity index (χ1v) is 11.4. The van der Waals surface area contributed by atoms with Crippen LogP contribution in [0.25, 0.3) is 0 Å². The molecular weight excluding hydrogens is 493 g/mol. The Morgan fingerprint density at radius 3 is 2.62 bits per heavy atom. The summed E-state index contributed by atoms with van der Waals surface area (Å²) in [5, 5.41) is 10.4. The van der Waals surface area contributed by atoms with Crippen LogP contribution in [0.5, 0.6) is 0 Å². The van der Waals surface area contributed by atoms with E-state index in [9.17, 15) is 0 Å². The summed E-state index contributed by atoms with van der Waals surface area (Å²) in [5.74, 6) is 0.940. The van der Waals surface area contributed by atoms with Crippen molar-refractivity contribution < 1.29 is 0 Å². The molecule has 5 nitrogen and oxygen atoms in total. The molecule has 1 saturated heterocycles. The predicted octanol–water partition coefficient (Wildman–Crippen LogP) is 4.09. The van der Waals surface area contributed by atoms with E-state index < -0.39 is 0 Å². The minimum atomic E-state index is 0. The van der Waals surface area contributed by atoms with Gasteiger partial charge in [-0.3, -0.25) is 9.89 Å². The van der Waals surface area contributed by atoms with Gasteiger partial charge in [-0.05, 0) is 31.7 Å². The number of guanidine groups is 1. The van der Waals surface area contributed by atoms with E-state index in [1.165, 1.54) is 10.6 Å². The monoisotopic (exact) mass is 527 g/mol. The molecule has 7 heteroatoms. The predicted molar refractivity (Wildman–Crippen MR) is 134 cm³/mol. The molecule has 160 valence electrons. The Morgan fingerprint density at radius 1 is 1.21 bits per heavy atom. The van der Waals surface area contributed by atoms with Crippen molar-refractivity contribution in [1.82, 2.24) is 20.5 Å². The third-order valence-corrected chi connectivity index (χ3v) is 6.10. The molecule has 0 amide bonds. The van der Waals surface area contributed by atoms with E-state index in [-0.39, 0.29) is 24.0 Å². The molecule has 1 aliphatic rings. The Balaban J connectivity index is 0.00000300. The summed E-state index contributed by atoms with van der Waals surface area (Å²) in [6.45, 7) is 9.24. The molecule has 0 radical (unpaired) electrons. The van der Waals surface area contributed by atoms with Gasteiger partial charge in [-0.25, -0.2) is 4.98 Å². The second-order valence-corrected chi connectivity index (χ2v) is 8.22. The van der Waals surface area contributed by atoms with Crippen LogP contribution < -0.4 is 10.6 Å². The fraction of sp³-hybridized carbons (Fsp3) is 0.545. The largest absolute Gasteiger partial charge is 0.357 e. The smallest absolute Gasteiger partial charge is 0.191 e. The molecule has 0 unspecified atom stereocenters. The minimum absolute atomic E-state index is 0. The number of benzene rings is 1. The number of nitrogens with one attached hydrogen (secondary N) is 2. The van der Waals surface area contributed by atoms with Crippen LogP contribution in [0, 0.1) is 0 Å². The van der Waals surface area contributed by atoms with Gasteiger partial charge >= 0.3 is 0 Å².